The highest BCUT2D eigenvalue weighted by Gasteiger charge is 2.17. The summed E-state index contributed by atoms with van der Waals surface area (Å²) in [5.74, 6) is 0.536. The Morgan fingerprint density at radius 2 is 1.50 bits per heavy atom. The molecule has 3 aromatic carbocycles. The topological polar surface area (TPSA) is 38.3 Å². The Labute approximate surface area is 154 Å². The summed E-state index contributed by atoms with van der Waals surface area (Å²) in [5.41, 5.74) is 5.05. The van der Waals surface area contributed by atoms with Crippen LogP contribution in [0.3, 0.4) is 0 Å². The molecule has 1 amide bonds. The third kappa shape index (κ3) is 4.31. The van der Waals surface area contributed by atoms with Gasteiger partial charge in [-0.25, -0.2) is 0 Å². The highest BCUT2D eigenvalue weighted by atomic mass is 16.5. The Kier molecular flexibility index (Phi) is 5.37. The Balaban J connectivity index is 1.76. The third-order valence-corrected chi connectivity index (χ3v) is 4.15. The molecule has 1 atom stereocenters. The molecule has 0 saturated carbocycles. The van der Waals surface area contributed by atoms with Crippen LogP contribution in [0.1, 0.15) is 18.1 Å². The number of ether oxygens (including phenoxy) is 1. The van der Waals surface area contributed by atoms with Crippen molar-refractivity contribution in [2.45, 2.75) is 26.9 Å². The second-order valence-corrected chi connectivity index (χ2v) is 6.48. The lowest BCUT2D eigenvalue weighted by Gasteiger charge is -2.17. The van der Waals surface area contributed by atoms with Gasteiger partial charge in [-0.2, -0.15) is 0 Å². The van der Waals surface area contributed by atoms with Gasteiger partial charge in [-0.3, -0.25) is 4.79 Å². The molecule has 0 spiro atoms. The fourth-order valence-corrected chi connectivity index (χ4v) is 2.95. The number of anilines is 1. The zero-order valence-electron chi connectivity index (χ0n) is 15.3. The van der Waals surface area contributed by atoms with Gasteiger partial charge in [0.2, 0.25) is 0 Å². The first-order valence-electron chi connectivity index (χ1n) is 8.73. The van der Waals surface area contributed by atoms with Gasteiger partial charge in [0.1, 0.15) is 5.75 Å². The van der Waals surface area contributed by atoms with Gasteiger partial charge in [-0.1, -0.05) is 54.6 Å². The van der Waals surface area contributed by atoms with Crippen LogP contribution in [0.2, 0.25) is 0 Å². The monoisotopic (exact) mass is 345 g/mol. The summed E-state index contributed by atoms with van der Waals surface area (Å²) in [5, 5.41) is 2.99. The zero-order chi connectivity index (χ0) is 18.5. The molecule has 0 aliphatic carbocycles. The number of amides is 1. The summed E-state index contributed by atoms with van der Waals surface area (Å²) in [6, 6.07) is 23.7. The van der Waals surface area contributed by atoms with Gasteiger partial charge in [0.25, 0.3) is 5.91 Å². The molecule has 3 heteroatoms. The molecule has 0 aliphatic rings. The van der Waals surface area contributed by atoms with Crippen LogP contribution in [0, 0.1) is 13.8 Å². The highest BCUT2D eigenvalue weighted by molar-refractivity contribution is 5.98. The molecule has 0 aliphatic heterocycles. The lowest BCUT2D eigenvalue weighted by molar-refractivity contribution is -0.122. The van der Waals surface area contributed by atoms with E-state index in [1.165, 1.54) is 0 Å². The number of hydrogen-bond donors (Lipinski definition) is 1. The van der Waals surface area contributed by atoms with Crippen LogP contribution in [0.15, 0.2) is 72.8 Å². The smallest absolute Gasteiger partial charge is 0.265 e. The maximum absolute atomic E-state index is 12.6. The van der Waals surface area contributed by atoms with Crippen LogP contribution >= 0.6 is 0 Å². The summed E-state index contributed by atoms with van der Waals surface area (Å²) in [4.78, 5) is 12.6. The van der Waals surface area contributed by atoms with Crippen LogP contribution < -0.4 is 10.1 Å². The zero-order valence-corrected chi connectivity index (χ0v) is 15.3. The lowest BCUT2D eigenvalue weighted by atomic mass is 10.0. The van der Waals surface area contributed by atoms with E-state index in [2.05, 4.69) is 11.4 Å². The van der Waals surface area contributed by atoms with Gasteiger partial charge in [0, 0.05) is 11.3 Å². The van der Waals surface area contributed by atoms with E-state index in [1.807, 2.05) is 80.6 Å². The molecule has 0 fully saturated rings. The Morgan fingerprint density at radius 3 is 2.19 bits per heavy atom. The van der Waals surface area contributed by atoms with Crippen molar-refractivity contribution in [1.29, 1.82) is 0 Å². The van der Waals surface area contributed by atoms with Crippen LogP contribution in [0.25, 0.3) is 11.1 Å². The number of carbonyl (C=O) groups is 1. The second kappa shape index (κ2) is 7.87. The first-order chi connectivity index (χ1) is 12.5. The summed E-state index contributed by atoms with van der Waals surface area (Å²) in [7, 11) is 0. The van der Waals surface area contributed by atoms with Crippen molar-refractivity contribution < 1.29 is 9.53 Å². The number of nitrogens with one attached hydrogen (secondary N) is 1. The SMILES string of the molecule is Cc1cc(C)cc(O[C@H](C)C(=O)Nc2ccccc2-c2ccccc2)c1. The van der Waals surface area contributed by atoms with E-state index in [0.717, 1.165) is 27.9 Å². The summed E-state index contributed by atoms with van der Waals surface area (Å²) in [6.07, 6.45) is -0.597. The minimum absolute atomic E-state index is 0.174. The van der Waals surface area contributed by atoms with Crippen LogP contribution in [0.5, 0.6) is 5.75 Å². The quantitative estimate of drug-likeness (QED) is 0.674. The van der Waals surface area contributed by atoms with Crippen LogP contribution in [0.4, 0.5) is 5.69 Å². The predicted octanol–water partition coefficient (Wildman–Crippen LogP) is 5.38. The minimum Gasteiger partial charge on any atom is -0.481 e. The van der Waals surface area contributed by atoms with E-state index < -0.39 is 6.10 Å². The number of aryl methyl sites for hydroxylation is 2. The molecule has 1 N–H and O–H groups in total. The average molecular weight is 345 g/mol. The van der Waals surface area contributed by atoms with Gasteiger partial charge < -0.3 is 10.1 Å². The molecule has 0 bridgehead atoms. The van der Waals surface area contributed by atoms with E-state index in [9.17, 15) is 4.79 Å². The van der Waals surface area contributed by atoms with Crippen molar-refractivity contribution in [1.82, 2.24) is 0 Å². The first kappa shape index (κ1) is 17.7. The Morgan fingerprint density at radius 1 is 0.885 bits per heavy atom. The third-order valence-electron chi connectivity index (χ3n) is 4.15. The number of benzene rings is 3. The number of para-hydroxylation sites is 1. The van der Waals surface area contributed by atoms with Crippen molar-refractivity contribution in [3.8, 4) is 16.9 Å². The molecule has 0 saturated heterocycles. The van der Waals surface area contributed by atoms with Crippen LogP contribution in [-0.4, -0.2) is 12.0 Å². The van der Waals surface area contributed by atoms with Crippen molar-refractivity contribution >= 4 is 11.6 Å². The molecular formula is C23H23NO2. The van der Waals surface area contributed by atoms with Crippen molar-refractivity contribution in [2.75, 3.05) is 5.32 Å². The molecule has 0 heterocycles. The van der Waals surface area contributed by atoms with E-state index in [1.54, 1.807) is 6.92 Å². The molecule has 132 valence electrons. The van der Waals surface area contributed by atoms with E-state index in [4.69, 9.17) is 4.74 Å². The van der Waals surface area contributed by atoms with Crippen molar-refractivity contribution in [2.24, 2.45) is 0 Å². The molecule has 3 rings (SSSR count). The maximum atomic E-state index is 12.6. The first-order valence-corrected chi connectivity index (χ1v) is 8.73. The van der Waals surface area contributed by atoms with E-state index in [0.29, 0.717) is 5.75 Å². The number of hydrogen-bond acceptors (Lipinski definition) is 2. The van der Waals surface area contributed by atoms with Gasteiger partial charge in [-0.15, -0.1) is 0 Å². The number of rotatable bonds is 5. The fourth-order valence-electron chi connectivity index (χ4n) is 2.95. The van der Waals surface area contributed by atoms with Gasteiger partial charge in [0.05, 0.1) is 0 Å². The molecule has 0 radical (unpaired) electrons. The highest BCUT2D eigenvalue weighted by Crippen LogP contribution is 2.28. The molecule has 3 aromatic rings. The lowest BCUT2D eigenvalue weighted by Crippen LogP contribution is -2.30. The molecule has 26 heavy (non-hydrogen) atoms. The molecular weight excluding hydrogens is 322 g/mol. The van der Waals surface area contributed by atoms with Crippen LogP contribution in [-0.2, 0) is 4.79 Å². The van der Waals surface area contributed by atoms with Gasteiger partial charge in [-0.05, 0) is 55.7 Å². The van der Waals surface area contributed by atoms with Gasteiger partial charge >= 0.3 is 0 Å². The summed E-state index contributed by atoms with van der Waals surface area (Å²) < 4.78 is 5.84. The number of carbonyl (C=O) groups excluding carboxylic acids is 1. The molecule has 0 unspecified atom stereocenters. The second-order valence-electron chi connectivity index (χ2n) is 6.48. The Bertz CT molecular complexity index is 883. The van der Waals surface area contributed by atoms with Gasteiger partial charge in [0.15, 0.2) is 6.10 Å². The minimum atomic E-state index is -0.597. The standard InChI is InChI=1S/C23H23NO2/c1-16-13-17(2)15-20(14-16)26-18(3)23(25)24-22-12-8-7-11-21(22)19-9-5-4-6-10-19/h4-15,18H,1-3H3,(H,24,25)/t18-/m1/s1. The molecule has 3 nitrogen and oxygen atoms in total. The average Bonchev–Trinajstić information content (AvgIpc) is 2.62. The van der Waals surface area contributed by atoms with Crippen molar-refractivity contribution in [3.05, 3.63) is 83.9 Å². The largest absolute Gasteiger partial charge is 0.481 e. The summed E-state index contributed by atoms with van der Waals surface area (Å²) in [6.45, 7) is 5.79. The molecule has 0 aromatic heterocycles. The fraction of sp³-hybridized carbons (Fsp3) is 0.174. The van der Waals surface area contributed by atoms with E-state index in [-0.39, 0.29) is 5.91 Å². The predicted molar refractivity (Wildman–Crippen MR) is 107 cm³/mol. The maximum Gasteiger partial charge on any atom is 0.265 e. The summed E-state index contributed by atoms with van der Waals surface area (Å²) >= 11 is 0. The van der Waals surface area contributed by atoms with Crippen molar-refractivity contribution in [3.63, 3.8) is 0 Å². The normalized spacial score (nSPS) is 11.7. The Hall–Kier alpha value is -3.07. The van der Waals surface area contributed by atoms with E-state index >= 15 is 0 Å².